The van der Waals surface area contributed by atoms with E-state index in [0.717, 1.165) is 10.6 Å². The molecule has 1 atom stereocenters. The molecular formula is C16H17ClN2O3S. The number of rotatable bonds is 5. The van der Waals surface area contributed by atoms with E-state index in [1.54, 1.807) is 42.5 Å². The molecule has 0 aliphatic carbocycles. The maximum absolute atomic E-state index is 12.4. The number of carbonyl (C=O) groups is 1. The van der Waals surface area contributed by atoms with E-state index in [1.807, 2.05) is 6.07 Å². The maximum Gasteiger partial charge on any atom is 0.247 e. The van der Waals surface area contributed by atoms with Crippen LogP contribution in [-0.2, 0) is 14.8 Å². The van der Waals surface area contributed by atoms with Crippen LogP contribution in [0.3, 0.4) is 0 Å². The van der Waals surface area contributed by atoms with Crippen LogP contribution in [0.4, 0.5) is 11.4 Å². The molecule has 0 spiro atoms. The predicted molar refractivity (Wildman–Crippen MR) is 93.3 cm³/mol. The summed E-state index contributed by atoms with van der Waals surface area (Å²) in [5, 5.41) is 3.10. The van der Waals surface area contributed by atoms with Gasteiger partial charge in [0.15, 0.2) is 0 Å². The largest absolute Gasteiger partial charge is 0.324 e. The highest BCUT2D eigenvalue weighted by molar-refractivity contribution is 7.92. The lowest BCUT2D eigenvalue weighted by Gasteiger charge is -2.28. The maximum atomic E-state index is 12.4. The molecule has 0 aliphatic rings. The minimum absolute atomic E-state index is 0.343. The number of nitrogens with one attached hydrogen (secondary N) is 1. The van der Waals surface area contributed by atoms with Gasteiger partial charge in [-0.15, -0.1) is 0 Å². The minimum Gasteiger partial charge on any atom is -0.324 e. The third kappa shape index (κ3) is 4.46. The van der Waals surface area contributed by atoms with Crippen LogP contribution in [0.25, 0.3) is 0 Å². The average Bonchev–Trinajstić information content (AvgIpc) is 2.47. The smallest absolute Gasteiger partial charge is 0.247 e. The molecule has 2 aromatic carbocycles. The Morgan fingerprint density at radius 2 is 1.78 bits per heavy atom. The number of hydrogen-bond acceptors (Lipinski definition) is 3. The van der Waals surface area contributed by atoms with Crippen LogP contribution >= 0.6 is 11.6 Å². The third-order valence-corrected chi connectivity index (χ3v) is 4.67. The number of nitrogens with zero attached hydrogens (tertiary/aromatic N) is 1. The SMILES string of the molecule is C[C@H](C(=O)Nc1ccccc1)N(c1cccc(Cl)c1)S(C)(=O)=O. The third-order valence-electron chi connectivity index (χ3n) is 3.19. The fraction of sp³-hybridized carbons (Fsp3) is 0.188. The molecule has 0 aliphatic heterocycles. The molecule has 23 heavy (non-hydrogen) atoms. The Morgan fingerprint density at radius 1 is 1.13 bits per heavy atom. The van der Waals surface area contributed by atoms with E-state index >= 15 is 0 Å². The van der Waals surface area contributed by atoms with Gasteiger partial charge in [-0.3, -0.25) is 9.10 Å². The van der Waals surface area contributed by atoms with E-state index in [9.17, 15) is 13.2 Å². The van der Waals surface area contributed by atoms with Crippen LogP contribution in [0.2, 0.25) is 5.02 Å². The lowest BCUT2D eigenvalue weighted by Crippen LogP contribution is -2.45. The van der Waals surface area contributed by atoms with Crippen LogP contribution in [0.15, 0.2) is 54.6 Å². The number of sulfonamides is 1. The van der Waals surface area contributed by atoms with E-state index < -0.39 is 22.0 Å². The van der Waals surface area contributed by atoms with E-state index in [-0.39, 0.29) is 0 Å². The number of halogens is 1. The van der Waals surface area contributed by atoms with Gasteiger partial charge in [0, 0.05) is 10.7 Å². The molecule has 0 bridgehead atoms. The molecule has 5 nitrogen and oxygen atoms in total. The Balaban J connectivity index is 2.31. The van der Waals surface area contributed by atoms with Crippen LogP contribution in [0.1, 0.15) is 6.92 Å². The normalized spacial score (nSPS) is 12.5. The van der Waals surface area contributed by atoms with Gasteiger partial charge in [-0.1, -0.05) is 35.9 Å². The van der Waals surface area contributed by atoms with Crippen molar-refractivity contribution in [1.29, 1.82) is 0 Å². The summed E-state index contributed by atoms with van der Waals surface area (Å²) in [6, 6.07) is 14.3. The Morgan fingerprint density at radius 3 is 2.35 bits per heavy atom. The van der Waals surface area contributed by atoms with Gasteiger partial charge >= 0.3 is 0 Å². The van der Waals surface area contributed by atoms with Gasteiger partial charge in [0.1, 0.15) is 6.04 Å². The van der Waals surface area contributed by atoms with E-state index in [1.165, 1.54) is 13.0 Å². The summed E-state index contributed by atoms with van der Waals surface area (Å²) in [4.78, 5) is 12.4. The highest BCUT2D eigenvalue weighted by Gasteiger charge is 2.29. The van der Waals surface area contributed by atoms with Crippen molar-refractivity contribution in [2.75, 3.05) is 15.9 Å². The first-order valence-electron chi connectivity index (χ1n) is 6.90. The first-order valence-corrected chi connectivity index (χ1v) is 9.12. The van der Waals surface area contributed by atoms with Crippen molar-refractivity contribution in [2.45, 2.75) is 13.0 Å². The fourth-order valence-electron chi connectivity index (χ4n) is 2.19. The Labute approximate surface area is 140 Å². The van der Waals surface area contributed by atoms with Gasteiger partial charge in [0.25, 0.3) is 0 Å². The highest BCUT2D eigenvalue weighted by atomic mass is 35.5. The van der Waals surface area contributed by atoms with Gasteiger partial charge in [0.05, 0.1) is 11.9 Å². The standard InChI is InChI=1S/C16H17ClN2O3S/c1-12(16(20)18-14-8-4-3-5-9-14)19(23(2,21)22)15-10-6-7-13(17)11-15/h3-12H,1-2H3,(H,18,20)/t12-/m1/s1. The number of anilines is 2. The monoisotopic (exact) mass is 352 g/mol. The number of carbonyl (C=O) groups excluding carboxylic acids is 1. The van der Waals surface area contributed by atoms with Gasteiger partial charge in [0.2, 0.25) is 15.9 Å². The second-order valence-electron chi connectivity index (χ2n) is 5.07. The molecule has 7 heteroatoms. The molecule has 1 N–H and O–H groups in total. The molecule has 0 aromatic heterocycles. The molecule has 0 unspecified atom stereocenters. The van der Waals surface area contributed by atoms with Crippen molar-refractivity contribution in [3.8, 4) is 0 Å². The molecule has 0 fully saturated rings. The zero-order chi connectivity index (χ0) is 17.0. The summed E-state index contributed by atoms with van der Waals surface area (Å²) in [7, 11) is -3.66. The Bertz CT molecular complexity index is 794. The molecule has 2 rings (SSSR count). The zero-order valence-corrected chi connectivity index (χ0v) is 14.3. The fourth-order valence-corrected chi connectivity index (χ4v) is 3.54. The topological polar surface area (TPSA) is 66.5 Å². The minimum atomic E-state index is -3.66. The predicted octanol–water partition coefficient (Wildman–Crippen LogP) is 3.13. The molecular weight excluding hydrogens is 336 g/mol. The molecule has 0 heterocycles. The highest BCUT2D eigenvalue weighted by Crippen LogP contribution is 2.24. The molecule has 122 valence electrons. The van der Waals surface area contributed by atoms with Gasteiger partial charge in [-0.25, -0.2) is 8.42 Å². The van der Waals surface area contributed by atoms with E-state index in [2.05, 4.69) is 5.32 Å². The zero-order valence-electron chi connectivity index (χ0n) is 12.7. The van der Waals surface area contributed by atoms with E-state index in [4.69, 9.17) is 11.6 Å². The first kappa shape index (κ1) is 17.3. The lowest BCUT2D eigenvalue weighted by atomic mass is 10.2. The molecule has 1 amide bonds. The number of hydrogen-bond donors (Lipinski definition) is 1. The Hall–Kier alpha value is -2.05. The molecule has 0 radical (unpaired) electrons. The lowest BCUT2D eigenvalue weighted by molar-refractivity contribution is -0.116. The summed E-state index contributed by atoms with van der Waals surface area (Å²) in [5.74, 6) is -0.429. The van der Waals surface area contributed by atoms with Gasteiger partial charge in [-0.05, 0) is 37.3 Å². The van der Waals surface area contributed by atoms with Gasteiger partial charge in [-0.2, -0.15) is 0 Å². The molecule has 0 saturated carbocycles. The quantitative estimate of drug-likeness (QED) is 0.899. The van der Waals surface area contributed by atoms with Gasteiger partial charge < -0.3 is 5.32 Å². The summed E-state index contributed by atoms with van der Waals surface area (Å²) in [6.07, 6.45) is 1.06. The molecule has 0 saturated heterocycles. The van der Waals surface area contributed by atoms with Crippen molar-refractivity contribution in [3.05, 3.63) is 59.6 Å². The summed E-state index contributed by atoms with van der Waals surface area (Å²) in [5.41, 5.74) is 0.944. The van der Waals surface area contributed by atoms with Crippen LogP contribution in [0.5, 0.6) is 0 Å². The van der Waals surface area contributed by atoms with E-state index in [0.29, 0.717) is 16.4 Å². The first-order chi connectivity index (χ1) is 10.8. The number of amides is 1. The average molecular weight is 353 g/mol. The van der Waals surface area contributed by atoms with Crippen molar-refractivity contribution >= 4 is 38.9 Å². The van der Waals surface area contributed by atoms with Crippen molar-refractivity contribution in [1.82, 2.24) is 0 Å². The van der Waals surface area contributed by atoms with Crippen molar-refractivity contribution in [2.24, 2.45) is 0 Å². The second kappa shape index (κ2) is 7.02. The summed E-state index contributed by atoms with van der Waals surface area (Å²) >= 11 is 5.93. The summed E-state index contributed by atoms with van der Waals surface area (Å²) < 4.78 is 25.3. The van der Waals surface area contributed by atoms with Crippen LogP contribution < -0.4 is 9.62 Å². The second-order valence-corrected chi connectivity index (χ2v) is 7.37. The summed E-state index contributed by atoms with van der Waals surface area (Å²) in [6.45, 7) is 1.53. The van der Waals surface area contributed by atoms with Crippen molar-refractivity contribution < 1.29 is 13.2 Å². The van der Waals surface area contributed by atoms with Crippen molar-refractivity contribution in [3.63, 3.8) is 0 Å². The Kier molecular flexibility index (Phi) is 5.28. The number of para-hydroxylation sites is 1. The van der Waals surface area contributed by atoms with Crippen LogP contribution in [0, 0.1) is 0 Å². The number of benzene rings is 2. The molecule has 2 aromatic rings. The van der Waals surface area contributed by atoms with Crippen LogP contribution in [-0.4, -0.2) is 26.6 Å².